The van der Waals surface area contributed by atoms with E-state index in [-0.39, 0.29) is 26.2 Å². The lowest BCUT2D eigenvalue weighted by atomic mass is 9.99. The molecule has 0 saturated carbocycles. The number of hydrogen-bond acceptors (Lipinski definition) is 7. The van der Waals surface area contributed by atoms with Crippen LogP contribution in [-0.2, 0) is 32.0 Å². The van der Waals surface area contributed by atoms with Crippen LogP contribution in [-0.4, -0.2) is 36.3 Å². The van der Waals surface area contributed by atoms with E-state index in [1.54, 1.807) is 44.2 Å². The number of nitrogens with zero attached hydrogens (tertiary/aromatic N) is 1. The van der Waals surface area contributed by atoms with E-state index in [9.17, 15) is 14.4 Å². The quantitative estimate of drug-likeness (QED) is 0.362. The minimum absolute atomic E-state index is 0.175. The fourth-order valence-corrected chi connectivity index (χ4v) is 3.19. The molecule has 0 saturated heterocycles. The van der Waals surface area contributed by atoms with Crippen LogP contribution >= 0.6 is 0 Å². The van der Waals surface area contributed by atoms with Crippen LogP contribution in [0.25, 0.3) is 11.1 Å². The van der Waals surface area contributed by atoms with Crippen LogP contribution < -0.4 is 10.5 Å². The molecule has 0 atom stereocenters. The summed E-state index contributed by atoms with van der Waals surface area (Å²) in [7, 11) is 0. The van der Waals surface area contributed by atoms with E-state index in [0.717, 1.165) is 11.1 Å². The maximum atomic E-state index is 12.1. The average Bonchev–Trinajstić information content (AvgIpc) is 3.08. The van der Waals surface area contributed by atoms with Crippen molar-refractivity contribution in [3.63, 3.8) is 0 Å². The second-order valence-electron chi connectivity index (χ2n) is 6.74. The van der Waals surface area contributed by atoms with Gasteiger partial charge in [-0.1, -0.05) is 24.3 Å². The first-order valence-electron chi connectivity index (χ1n) is 10.2. The highest BCUT2D eigenvalue weighted by atomic mass is 16.6. The summed E-state index contributed by atoms with van der Waals surface area (Å²) in [4.78, 5) is 36.2. The summed E-state index contributed by atoms with van der Waals surface area (Å²) in [6.07, 6.45) is 0.175. The third kappa shape index (κ3) is 5.53. The normalized spacial score (nSPS) is 10.9. The maximum Gasteiger partial charge on any atom is 0.420 e. The molecule has 3 aromatic rings. The molecule has 0 amide bonds. The third-order valence-corrected chi connectivity index (χ3v) is 4.66. The van der Waals surface area contributed by atoms with E-state index >= 15 is 0 Å². The Hall–Kier alpha value is -3.55. The van der Waals surface area contributed by atoms with Crippen LogP contribution in [0.4, 0.5) is 0 Å². The van der Waals surface area contributed by atoms with Gasteiger partial charge < -0.3 is 18.6 Å². The second kappa shape index (κ2) is 10.5. The number of rotatable bonds is 10. The van der Waals surface area contributed by atoms with Crippen molar-refractivity contribution in [2.75, 3.05) is 19.8 Å². The predicted molar refractivity (Wildman–Crippen MR) is 113 cm³/mol. The Labute approximate surface area is 179 Å². The van der Waals surface area contributed by atoms with E-state index in [0.29, 0.717) is 17.9 Å². The fraction of sp³-hybridized carbons (Fsp3) is 0.348. The minimum Gasteiger partial charge on any atom is -0.492 e. The Balaban J connectivity index is 1.60. The standard InChI is InChI=1S/C23H25NO7/c1-3-28-21(25)18(22(26)29-4-2)15-16-9-11-17(12-10-16)30-14-13-24-19-7-5-6-8-20(19)31-23(24)27/h5-12,18H,3-4,13-15H2,1-2H3. The summed E-state index contributed by atoms with van der Waals surface area (Å²) in [5, 5.41) is 0. The van der Waals surface area contributed by atoms with Crippen molar-refractivity contribution in [1.29, 1.82) is 0 Å². The van der Waals surface area contributed by atoms with Crippen molar-refractivity contribution >= 4 is 23.0 Å². The number of esters is 2. The van der Waals surface area contributed by atoms with Crippen molar-refractivity contribution in [2.24, 2.45) is 5.92 Å². The molecule has 0 N–H and O–H groups in total. The first-order valence-corrected chi connectivity index (χ1v) is 10.2. The third-order valence-electron chi connectivity index (χ3n) is 4.66. The molecule has 0 spiro atoms. The number of benzene rings is 2. The largest absolute Gasteiger partial charge is 0.492 e. The molecule has 31 heavy (non-hydrogen) atoms. The van der Waals surface area contributed by atoms with E-state index in [4.69, 9.17) is 18.6 Å². The Morgan fingerprint density at radius 1 is 0.968 bits per heavy atom. The van der Waals surface area contributed by atoms with Crippen molar-refractivity contribution < 1.29 is 28.2 Å². The number of hydrogen-bond donors (Lipinski definition) is 0. The molecule has 0 unspecified atom stereocenters. The summed E-state index contributed by atoms with van der Waals surface area (Å²) >= 11 is 0. The molecule has 8 nitrogen and oxygen atoms in total. The molecular weight excluding hydrogens is 402 g/mol. The molecule has 0 aliphatic rings. The van der Waals surface area contributed by atoms with E-state index in [1.807, 2.05) is 18.2 Å². The van der Waals surface area contributed by atoms with Gasteiger partial charge in [0.1, 0.15) is 12.4 Å². The van der Waals surface area contributed by atoms with E-state index < -0.39 is 23.6 Å². The molecule has 0 fully saturated rings. The molecule has 1 aromatic heterocycles. The zero-order chi connectivity index (χ0) is 22.2. The second-order valence-corrected chi connectivity index (χ2v) is 6.74. The van der Waals surface area contributed by atoms with Crippen LogP contribution in [0.2, 0.25) is 0 Å². The SMILES string of the molecule is CCOC(=O)C(Cc1ccc(OCCn2c(=O)oc3ccccc32)cc1)C(=O)OCC. The number of oxazole rings is 1. The van der Waals surface area contributed by atoms with Crippen LogP contribution in [0.5, 0.6) is 5.75 Å². The molecule has 2 aromatic carbocycles. The van der Waals surface area contributed by atoms with Gasteiger partial charge in [-0.15, -0.1) is 0 Å². The van der Waals surface area contributed by atoms with Crippen LogP contribution in [0.15, 0.2) is 57.7 Å². The number of ether oxygens (including phenoxy) is 3. The Morgan fingerprint density at radius 3 is 2.26 bits per heavy atom. The van der Waals surface area contributed by atoms with Gasteiger partial charge in [0.2, 0.25) is 0 Å². The molecule has 0 radical (unpaired) electrons. The molecule has 164 valence electrons. The molecular formula is C23H25NO7. The van der Waals surface area contributed by atoms with Gasteiger partial charge in [0, 0.05) is 0 Å². The number of aromatic nitrogens is 1. The van der Waals surface area contributed by atoms with Crippen LogP contribution in [0.1, 0.15) is 19.4 Å². The van der Waals surface area contributed by atoms with Gasteiger partial charge in [-0.05, 0) is 50.1 Å². The molecule has 1 heterocycles. The number of carbonyl (C=O) groups is 2. The average molecular weight is 427 g/mol. The topological polar surface area (TPSA) is 97.0 Å². The summed E-state index contributed by atoms with van der Waals surface area (Å²) in [5.41, 5.74) is 2.03. The van der Waals surface area contributed by atoms with Crippen molar-refractivity contribution in [2.45, 2.75) is 26.8 Å². The molecule has 3 rings (SSSR count). The van der Waals surface area contributed by atoms with Gasteiger partial charge in [0.15, 0.2) is 11.5 Å². The zero-order valence-corrected chi connectivity index (χ0v) is 17.5. The predicted octanol–water partition coefficient (Wildman–Crippen LogP) is 2.96. The Kier molecular flexibility index (Phi) is 7.48. The first-order chi connectivity index (χ1) is 15.0. The Morgan fingerprint density at radius 2 is 1.61 bits per heavy atom. The highest BCUT2D eigenvalue weighted by molar-refractivity contribution is 5.95. The maximum absolute atomic E-state index is 12.1. The lowest BCUT2D eigenvalue weighted by molar-refractivity contribution is -0.161. The highest BCUT2D eigenvalue weighted by Gasteiger charge is 2.29. The monoisotopic (exact) mass is 427 g/mol. The van der Waals surface area contributed by atoms with Gasteiger partial charge in [0.05, 0.1) is 25.3 Å². The number of carbonyl (C=O) groups excluding carboxylic acids is 2. The van der Waals surface area contributed by atoms with E-state index in [1.165, 1.54) is 4.57 Å². The summed E-state index contributed by atoms with van der Waals surface area (Å²) < 4.78 is 22.4. The highest BCUT2D eigenvalue weighted by Crippen LogP contribution is 2.18. The van der Waals surface area contributed by atoms with Gasteiger partial charge in [-0.2, -0.15) is 0 Å². The number of fused-ring (bicyclic) bond motifs is 1. The number of para-hydroxylation sites is 2. The van der Waals surface area contributed by atoms with Crippen molar-refractivity contribution in [1.82, 2.24) is 4.57 Å². The lowest BCUT2D eigenvalue weighted by Crippen LogP contribution is -2.30. The van der Waals surface area contributed by atoms with Crippen molar-refractivity contribution in [3.8, 4) is 5.75 Å². The van der Waals surface area contributed by atoms with Crippen molar-refractivity contribution in [3.05, 3.63) is 64.6 Å². The van der Waals surface area contributed by atoms with Gasteiger partial charge in [0.25, 0.3) is 0 Å². The molecule has 0 aliphatic heterocycles. The molecule has 0 aliphatic carbocycles. The summed E-state index contributed by atoms with van der Waals surface area (Å²) in [6.45, 7) is 4.37. The smallest absolute Gasteiger partial charge is 0.420 e. The first kappa shape index (κ1) is 22.1. The zero-order valence-electron chi connectivity index (χ0n) is 17.5. The van der Waals surface area contributed by atoms with Gasteiger partial charge in [-0.3, -0.25) is 14.2 Å². The minimum atomic E-state index is -1.01. The van der Waals surface area contributed by atoms with Crippen LogP contribution in [0.3, 0.4) is 0 Å². The van der Waals surface area contributed by atoms with Gasteiger partial charge in [-0.25, -0.2) is 4.79 Å². The summed E-state index contributed by atoms with van der Waals surface area (Å²) in [6, 6.07) is 14.3. The van der Waals surface area contributed by atoms with E-state index in [2.05, 4.69) is 0 Å². The lowest BCUT2D eigenvalue weighted by Gasteiger charge is -2.14. The Bertz CT molecular complexity index is 1060. The molecule has 0 bridgehead atoms. The summed E-state index contributed by atoms with van der Waals surface area (Å²) in [5.74, 6) is -2.02. The van der Waals surface area contributed by atoms with Gasteiger partial charge >= 0.3 is 17.7 Å². The van der Waals surface area contributed by atoms with Crippen LogP contribution in [0, 0.1) is 5.92 Å². The molecule has 8 heteroatoms. The fourth-order valence-electron chi connectivity index (χ4n) is 3.19.